The van der Waals surface area contributed by atoms with Crippen LogP contribution in [0.3, 0.4) is 0 Å². The Balaban J connectivity index is 1.39. The van der Waals surface area contributed by atoms with Crippen LogP contribution in [0.5, 0.6) is 0 Å². The zero-order valence-corrected chi connectivity index (χ0v) is 25.0. The van der Waals surface area contributed by atoms with Crippen LogP contribution in [0.15, 0.2) is 66.3 Å². The van der Waals surface area contributed by atoms with Gasteiger partial charge in [0.2, 0.25) is 12.3 Å². The van der Waals surface area contributed by atoms with E-state index in [0.29, 0.717) is 48.1 Å². The molecule has 0 saturated carbocycles. The van der Waals surface area contributed by atoms with Gasteiger partial charge in [-0.05, 0) is 50.6 Å². The van der Waals surface area contributed by atoms with Crippen LogP contribution in [-0.4, -0.2) is 73.0 Å². The van der Waals surface area contributed by atoms with Crippen molar-refractivity contribution >= 4 is 23.2 Å². The van der Waals surface area contributed by atoms with E-state index in [9.17, 15) is 4.79 Å². The monoisotopic (exact) mass is 608 g/mol. The lowest BCUT2D eigenvalue weighted by atomic mass is 9.96. The Morgan fingerprint density at radius 1 is 1.07 bits per heavy atom. The van der Waals surface area contributed by atoms with Crippen molar-refractivity contribution in [1.29, 1.82) is 0 Å². The van der Waals surface area contributed by atoms with E-state index in [1.807, 2.05) is 43.9 Å². The number of anilines is 2. The molecular formula is C33H30F2N8O2. The molecular weight excluding hydrogens is 578 g/mol. The average molecular weight is 609 g/mol. The fourth-order valence-corrected chi connectivity index (χ4v) is 6.98. The highest BCUT2D eigenvalue weighted by atomic mass is 19.1. The largest absolute Gasteiger partial charge is 0.350 e. The number of nitrogens with zero attached hydrogens (tertiary/aromatic N) is 8. The van der Waals surface area contributed by atoms with Gasteiger partial charge in [0.1, 0.15) is 23.2 Å². The molecule has 2 aromatic heterocycles. The van der Waals surface area contributed by atoms with E-state index in [4.69, 9.17) is 14.7 Å². The third-order valence-electron chi connectivity index (χ3n) is 9.14. The number of rotatable bonds is 1. The first-order valence-corrected chi connectivity index (χ1v) is 15.0. The van der Waals surface area contributed by atoms with Crippen molar-refractivity contribution in [2.24, 2.45) is 4.99 Å². The number of amidine groups is 1. The molecule has 1 fully saturated rings. The molecule has 0 radical (unpaired) electrons. The Labute approximate surface area is 258 Å². The Hall–Kier alpha value is -4.97. The maximum atomic E-state index is 16.4. The van der Waals surface area contributed by atoms with E-state index in [1.54, 1.807) is 23.2 Å². The molecule has 4 aliphatic rings. The van der Waals surface area contributed by atoms with Crippen LogP contribution < -0.4 is 4.90 Å². The Morgan fingerprint density at radius 3 is 2.71 bits per heavy atom. The van der Waals surface area contributed by atoms with Crippen molar-refractivity contribution in [3.05, 3.63) is 95.3 Å². The van der Waals surface area contributed by atoms with Crippen LogP contribution in [0, 0.1) is 11.6 Å². The summed E-state index contributed by atoms with van der Waals surface area (Å²) in [6, 6.07) is 11.6. The summed E-state index contributed by atoms with van der Waals surface area (Å²) in [4.78, 5) is 28.4. The minimum absolute atomic E-state index is 0.0196. The third kappa shape index (κ3) is 4.12. The minimum atomic E-state index is -0.823. The summed E-state index contributed by atoms with van der Waals surface area (Å²) in [5.41, 5.74) is 4.01. The zero-order chi connectivity index (χ0) is 31.1. The van der Waals surface area contributed by atoms with Gasteiger partial charge in [-0.3, -0.25) is 9.69 Å². The highest BCUT2D eigenvalue weighted by molar-refractivity contribution is 6.06. The molecule has 0 spiro atoms. The van der Waals surface area contributed by atoms with E-state index in [-0.39, 0.29) is 35.4 Å². The molecule has 4 bridgehead atoms. The van der Waals surface area contributed by atoms with E-state index < -0.39 is 18.0 Å². The number of carbonyl (C=O) groups excluding carboxylic acids is 1. The minimum Gasteiger partial charge on any atom is -0.350 e. The van der Waals surface area contributed by atoms with Crippen molar-refractivity contribution in [2.45, 2.75) is 51.7 Å². The number of aliphatic imine (C=N–C) groups is 1. The lowest BCUT2D eigenvalue weighted by Crippen LogP contribution is -2.60. The zero-order valence-electron chi connectivity index (χ0n) is 25.0. The normalized spacial score (nSPS) is 23.0. The fourth-order valence-electron chi connectivity index (χ4n) is 6.98. The summed E-state index contributed by atoms with van der Waals surface area (Å²) in [5.74, 6) is -0.558. The van der Waals surface area contributed by atoms with Gasteiger partial charge >= 0.3 is 0 Å². The fraction of sp³-hybridized carbons (Fsp3) is 0.303. The second-order valence-electron chi connectivity index (χ2n) is 12.0. The molecule has 10 nitrogen and oxygen atoms in total. The molecule has 2 aromatic carbocycles. The molecule has 4 atom stereocenters. The first-order valence-electron chi connectivity index (χ1n) is 15.0. The van der Waals surface area contributed by atoms with Gasteiger partial charge < -0.3 is 14.5 Å². The first kappa shape index (κ1) is 27.6. The summed E-state index contributed by atoms with van der Waals surface area (Å²) >= 11 is 0. The second kappa shape index (κ2) is 10.0. The number of hydrogen-bond acceptors (Lipinski definition) is 8. The number of ether oxygens (including phenoxy) is 1. The second-order valence-corrected chi connectivity index (χ2v) is 12.0. The van der Waals surface area contributed by atoms with E-state index in [2.05, 4.69) is 21.8 Å². The third-order valence-corrected chi connectivity index (χ3v) is 9.14. The van der Waals surface area contributed by atoms with Crippen LogP contribution in [0.1, 0.15) is 49.3 Å². The molecule has 0 N–H and O–H groups in total. The number of aromatic nitrogens is 4. The Bertz CT molecular complexity index is 1940. The number of hydrogen-bond donors (Lipinski definition) is 0. The summed E-state index contributed by atoms with van der Waals surface area (Å²) in [7, 11) is 0. The quantitative estimate of drug-likeness (QED) is 0.284. The molecule has 45 heavy (non-hydrogen) atoms. The SMILES string of the molecule is C=CC(=O)N1C[C@H](C)N(C2=NC3OC(C)c4cccc5c4N3c3nc(c(F)cc32)-c2c(F)cccc2-n2cc(nn2)C5)C[C@H]1C. The number of para-hydroxylation sites is 1. The number of piperazine rings is 1. The molecule has 228 valence electrons. The van der Waals surface area contributed by atoms with Gasteiger partial charge in [0.25, 0.3) is 0 Å². The summed E-state index contributed by atoms with van der Waals surface area (Å²) in [6.45, 7) is 10.5. The lowest BCUT2D eigenvalue weighted by Gasteiger charge is -2.48. The summed E-state index contributed by atoms with van der Waals surface area (Å²) in [6.07, 6.45) is 2.36. The van der Waals surface area contributed by atoms with Crippen molar-refractivity contribution in [2.75, 3.05) is 18.0 Å². The maximum absolute atomic E-state index is 16.4. The molecule has 4 aromatic rings. The van der Waals surface area contributed by atoms with Crippen molar-refractivity contribution < 1.29 is 18.3 Å². The number of halogens is 2. The maximum Gasteiger partial charge on any atom is 0.246 e. The standard InChI is InChI=1S/C33H30F2N8O2/c1-5-27(44)40-14-18(3)41(15-17(40)2)31-23-13-25(35)29-28-24(34)10-7-11-26(28)42-16-21(38-39-42)12-20-8-6-9-22-19(4)45-33(37-31)43(30(20)22)32(23)36-29/h5-11,13,16-19,33H,1,12,14-15H2,2-4H3/t17-,18+,19?,33?/m1/s1. The van der Waals surface area contributed by atoms with Crippen LogP contribution in [-0.2, 0) is 16.0 Å². The van der Waals surface area contributed by atoms with Crippen LogP contribution in [0.2, 0.25) is 0 Å². The van der Waals surface area contributed by atoms with Gasteiger partial charge in [-0.2, -0.15) is 0 Å². The van der Waals surface area contributed by atoms with Gasteiger partial charge in [0.15, 0.2) is 5.82 Å². The molecule has 8 rings (SSSR count). The smallest absolute Gasteiger partial charge is 0.246 e. The number of carbonyl (C=O) groups is 1. The predicted octanol–water partition coefficient (Wildman–Crippen LogP) is 4.89. The number of benzene rings is 2. The molecule has 0 aliphatic carbocycles. The van der Waals surface area contributed by atoms with Crippen molar-refractivity contribution in [3.63, 3.8) is 0 Å². The van der Waals surface area contributed by atoms with E-state index in [1.165, 1.54) is 22.9 Å². The van der Waals surface area contributed by atoms with E-state index >= 15 is 8.78 Å². The summed E-state index contributed by atoms with van der Waals surface area (Å²) < 4.78 is 40.1. The van der Waals surface area contributed by atoms with Crippen LogP contribution >= 0.6 is 0 Å². The van der Waals surface area contributed by atoms with Crippen molar-refractivity contribution in [1.82, 2.24) is 29.8 Å². The molecule has 12 heteroatoms. The Kier molecular flexibility index (Phi) is 6.14. The predicted molar refractivity (Wildman–Crippen MR) is 163 cm³/mol. The molecule has 4 aliphatic heterocycles. The average Bonchev–Trinajstić information content (AvgIpc) is 3.49. The van der Waals surface area contributed by atoms with Crippen molar-refractivity contribution in [3.8, 4) is 16.9 Å². The number of amides is 1. The van der Waals surface area contributed by atoms with Crippen LogP contribution in [0.4, 0.5) is 20.3 Å². The molecule has 6 heterocycles. The summed E-state index contributed by atoms with van der Waals surface area (Å²) in [5, 5.41) is 8.67. The lowest BCUT2D eigenvalue weighted by molar-refractivity contribution is -0.130. The molecule has 2 unspecified atom stereocenters. The van der Waals surface area contributed by atoms with Gasteiger partial charge in [0.05, 0.1) is 40.5 Å². The van der Waals surface area contributed by atoms with Crippen LogP contribution in [0.25, 0.3) is 16.9 Å². The number of fused-ring (bicyclic) bond motifs is 6. The van der Waals surface area contributed by atoms with Gasteiger partial charge in [-0.15, -0.1) is 5.10 Å². The Morgan fingerprint density at radius 2 is 1.89 bits per heavy atom. The molecule has 1 saturated heterocycles. The highest BCUT2D eigenvalue weighted by Gasteiger charge is 2.43. The van der Waals surface area contributed by atoms with Gasteiger partial charge in [-0.1, -0.05) is 36.1 Å². The topological polar surface area (TPSA) is 92.0 Å². The highest BCUT2D eigenvalue weighted by Crippen LogP contribution is 2.48. The van der Waals surface area contributed by atoms with Gasteiger partial charge in [0, 0.05) is 37.2 Å². The number of pyridine rings is 1. The van der Waals surface area contributed by atoms with Gasteiger partial charge in [-0.25, -0.2) is 23.4 Å². The first-order chi connectivity index (χ1) is 21.7. The van der Waals surface area contributed by atoms with E-state index in [0.717, 1.165) is 16.8 Å². The molecule has 1 amide bonds.